The van der Waals surface area contributed by atoms with Gasteiger partial charge in [-0.3, -0.25) is 4.79 Å². The zero-order chi connectivity index (χ0) is 17.2. The lowest BCUT2D eigenvalue weighted by Gasteiger charge is -2.03. The maximum absolute atomic E-state index is 12.3. The lowest BCUT2D eigenvalue weighted by atomic mass is 10.2. The van der Waals surface area contributed by atoms with Gasteiger partial charge in [0.05, 0.1) is 22.8 Å². The van der Waals surface area contributed by atoms with Gasteiger partial charge in [-0.25, -0.2) is 9.67 Å². The number of fused-ring (bicyclic) bond motifs is 1. The van der Waals surface area contributed by atoms with Crippen LogP contribution in [-0.4, -0.2) is 25.7 Å². The van der Waals surface area contributed by atoms with Crippen molar-refractivity contribution in [2.75, 3.05) is 0 Å². The highest BCUT2D eigenvalue weighted by molar-refractivity contribution is 6.30. The van der Waals surface area contributed by atoms with Crippen LogP contribution in [0.2, 0.25) is 5.02 Å². The summed E-state index contributed by atoms with van der Waals surface area (Å²) in [5.41, 5.74) is 3.21. The molecule has 0 spiro atoms. The van der Waals surface area contributed by atoms with E-state index in [9.17, 15) is 4.79 Å². The Morgan fingerprint density at radius 2 is 1.96 bits per heavy atom. The molecular formula is C18H14ClN5O. The number of nitrogens with one attached hydrogen (secondary N) is 2. The molecule has 0 unspecified atom stereocenters. The van der Waals surface area contributed by atoms with Crippen LogP contribution in [0.5, 0.6) is 0 Å². The summed E-state index contributed by atoms with van der Waals surface area (Å²) in [7, 11) is 0. The van der Waals surface area contributed by atoms with Crippen LogP contribution in [0.1, 0.15) is 15.9 Å². The van der Waals surface area contributed by atoms with E-state index in [1.165, 1.54) is 6.20 Å². The second-order valence-electron chi connectivity index (χ2n) is 5.56. The van der Waals surface area contributed by atoms with Crippen LogP contribution in [0.15, 0.2) is 60.9 Å². The molecule has 124 valence electrons. The van der Waals surface area contributed by atoms with Gasteiger partial charge >= 0.3 is 0 Å². The van der Waals surface area contributed by atoms with Gasteiger partial charge in [-0.05, 0) is 29.8 Å². The molecular weight excluding hydrogens is 338 g/mol. The number of nitrogens with zero attached hydrogens (tertiary/aromatic N) is 3. The molecule has 0 saturated carbocycles. The fourth-order valence-corrected chi connectivity index (χ4v) is 2.62. The molecule has 0 fully saturated rings. The van der Waals surface area contributed by atoms with E-state index in [0.717, 1.165) is 16.6 Å². The number of carbonyl (C=O) groups excluding carboxylic acids is 1. The van der Waals surface area contributed by atoms with Crippen molar-refractivity contribution in [1.29, 1.82) is 0 Å². The van der Waals surface area contributed by atoms with Gasteiger partial charge in [-0.15, -0.1) is 0 Å². The van der Waals surface area contributed by atoms with Gasteiger partial charge in [0, 0.05) is 17.8 Å². The third-order valence-electron chi connectivity index (χ3n) is 3.80. The monoisotopic (exact) mass is 351 g/mol. The Kier molecular flexibility index (Phi) is 3.95. The number of benzene rings is 2. The number of hydrogen-bond acceptors (Lipinski definition) is 3. The molecule has 0 saturated heterocycles. The zero-order valence-corrected chi connectivity index (χ0v) is 13.9. The van der Waals surface area contributed by atoms with Crippen LogP contribution >= 0.6 is 11.6 Å². The second-order valence-corrected chi connectivity index (χ2v) is 6.00. The van der Waals surface area contributed by atoms with Crippen LogP contribution in [-0.2, 0) is 6.54 Å². The van der Waals surface area contributed by atoms with Gasteiger partial charge in [0.1, 0.15) is 0 Å². The molecule has 2 aromatic heterocycles. The van der Waals surface area contributed by atoms with E-state index in [1.54, 1.807) is 23.0 Å². The van der Waals surface area contributed by atoms with Crippen molar-refractivity contribution in [3.05, 3.63) is 77.1 Å². The van der Waals surface area contributed by atoms with E-state index in [0.29, 0.717) is 23.1 Å². The van der Waals surface area contributed by atoms with E-state index in [2.05, 4.69) is 20.4 Å². The topological polar surface area (TPSA) is 75.6 Å². The predicted octanol–water partition coefficient (Wildman–Crippen LogP) is 3.33. The number of aromatic amines is 1. The maximum Gasteiger partial charge on any atom is 0.254 e. The van der Waals surface area contributed by atoms with Crippen LogP contribution in [0.3, 0.4) is 0 Å². The second kappa shape index (κ2) is 6.41. The van der Waals surface area contributed by atoms with Crippen molar-refractivity contribution in [1.82, 2.24) is 25.1 Å². The fourth-order valence-electron chi connectivity index (χ4n) is 2.49. The van der Waals surface area contributed by atoms with Crippen LogP contribution in [0, 0.1) is 0 Å². The average Bonchev–Trinajstić information content (AvgIpc) is 3.27. The van der Waals surface area contributed by atoms with Crippen LogP contribution in [0.25, 0.3) is 17.0 Å². The van der Waals surface area contributed by atoms with Gasteiger partial charge < -0.3 is 10.3 Å². The molecule has 2 heterocycles. The van der Waals surface area contributed by atoms with Gasteiger partial charge in [0.25, 0.3) is 5.91 Å². The molecule has 0 aliphatic heterocycles. The largest absolute Gasteiger partial charge is 0.348 e. The number of H-pyrrole nitrogens is 1. The highest BCUT2D eigenvalue weighted by atomic mass is 35.5. The van der Waals surface area contributed by atoms with Crippen LogP contribution in [0.4, 0.5) is 0 Å². The molecule has 25 heavy (non-hydrogen) atoms. The summed E-state index contributed by atoms with van der Waals surface area (Å²) in [4.78, 5) is 19.9. The fraction of sp³-hybridized carbons (Fsp3) is 0.0556. The number of para-hydroxylation sites is 2. The first-order valence-corrected chi connectivity index (χ1v) is 8.09. The number of aromatic nitrogens is 4. The summed E-state index contributed by atoms with van der Waals surface area (Å²) in [6, 6.07) is 15.1. The Balaban J connectivity index is 1.48. The molecule has 6 nitrogen and oxygen atoms in total. The minimum absolute atomic E-state index is 0.197. The first-order valence-electron chi connectivity index (χ1n) is 7.71. The van der Waals surface area contributed by atoms with Gasteiger partial charge in [-0.1, -0.05) is 35.9 Å². The standard InChI is InChI=1S/C18H14ClN5O/c19-14-7-5-12(6-8-14)9-20-17(25)13-10-21-24(11-13)18-22-15-3-1-2-4-16(15)23-18/h1-8,10-11H,9H2,(H,20,25)(H,22,23). The molecule has 0 bridgehead atoms. The molecule has 0 atom stereocenters. The van der Waals surface area contributed by atoms with Crippen molar-refractivity contribution < 1.29 is 4.79 Å². The zero-order valence-electron chi connectivity index (χ0n) is 13.1. The first kappa shape index (κ1) is 15.4. The molecule has 7 heteroatoms. The van der Waals surface area contributed by atoms with E-state index < -0.39 is 0 Å². The Hall–Kier alpha value is -3.12. The van der Waals surface area contributed by atoms with Gasteiger partial charge in [0.15, 0.2) is 0 Å². The Bertz CT molecular complexity index is 1000. The normalized spacial score (nSPS) is 10.9. The highest BCUT2D eigenvalue weighted by Gasteiger charge is 2.11. The van der Waals surface area contributed by atoms with Crippen molar-refractivity contribution in [2.24, 2.45) is 0 Å². The Morgan fingerprint density at radius 1 is 1.16 bits per heavy atom. The van der Waals surface area contributed by atoms with E-state index in [4.69, 9.17) is 11.6 Å². The maximum atomic E-state index is 12.3. The van der Waals surface area contributed by atoms with Gasteiger partial charge in [0.2, 0.25) is 5.95 Å². The Morgan fingerprint density at radius 3 is 2.76 bits per heavy atom. The van der Waals surface area contributed by atoms with E-state index in [-0.39, 0.29) is 5.91 Å². The third-order valence-corrected chi connectivity index (χ3v) is 4.06. The SMILES string of the molecule is O=C(NCc1ccc(Cl)cc1)c1cnn(-c2nc3ccccc3[nH]2)c1. The summed E-state index contributed by atoms with van der Waals surface area (Å²) >= 11 is 5.85. The van der Waals surface area contributed by atoms with Crippen molar-refractivity contribution in [3.8, 4) is 5.95 Å². The summed E-state index contributed by atoms with van der Waals surface area (Å²) in [6.45, 7) is 0.422. The molecule has 0 aliphatic carbocycles. The summed E-state index contributed by atoms with van der Waals surface area (Å²) in [5, 5.41) is 7.74. The number of halogens is 1. The van der Waals surface area contributed by atoms with E-state index in [1.807, 2.05) is 36.4 Å². The van der Waals surface area contributed by atoms with Gasteiger partial charge in [-0.2, -0.15) is 5.10 Å². The first-order chi connectivity index (χ1) is 12.2. The number of carbonyl (C=O) groups is 1. The quantitative estimate of drug-likeness (QED) is 0.592. The molecule has 0 aliphatic rings. The minimum atomic E-state index is -0.197. The lowest BCUT2D eigenvalue weighted by molar-refractivity contribution is 0.0951. The minimum Gasteiger partial charge on any atom is -0.348 e. The van der Waals surface area contributed by atoms with E-state index >= 15 is 0 Å². The Labute approximate surface area is 148 Å². The molecule has 0 radical (unpaired) electrons. The molecule has 1 amide bonds. The van der Waals surface area contributed by atoms with Crippen LogP contribution < -0.4 is 5.32 Å². The average molecular weight is 352 g/mol. The summed E-state index contributed by atoms with van der Waals surface area (Å²) in [5.74, 6) is 0.371. The number of hydrogen-bond donors (Lipinski definition) is 2. The summed E-state index contributed by atoms with van der Waals surface area (Å²) in [6.07, 6.45) is 3.17. The lowest BCUT2D eigenvalue weighted by Crippen LogP contribution is -2.22. The number of imidazole rings is 1. The molecule has 4 aromatic rings. The smallest absolute Gasteiger partial charge is 0.254 e. The molecule has 2 N–H and O–H groups in total. The molecule has 2 aromatic carbocycles. The molecule has 4 rings (SSSR count). The third kappa shape index (κ3) is 3.25. The van der Waals surface area contributed by atoms with Crippen molar-refractivity contribution in [2.45, 2.75) is 6.54 Å². The van der Waals surface area contributed by atoms with Crippen molar-refractivity contribution >= 4 is 28.5 Å². The van der Waals surface area contributed by atoms with Crippen molar-refractivity contribution in [3.63, 3.8) is 0 Å². The highest BCUT2D eigenvalue weighted by Crippen LogP contribution is 2.13. The number of rotatable bonds is 4. The predicted molar refractivity (Wildman–Crippen MR) is 95.8 cm³/mol. The summed E-state index contributed by atoms with van der Waals surface area (Å²) < 4.78 is 1.55. The number of amides is 1.